The van der Waals surface area contributed by atoms with Crippen molar-refractivity contribution in [3.8, 4) is 0 Å². The largest absolute Gasteiger partial charge is 0.397 e. The summed E-state index contributed by atoms with van der Waals surface area (Å²) in [6, 6.07) is 4.32. The maximum absolute atomic E-state index is 10.6. The molecule has 6 nitrogen and oxygen atoms in total. The number of nitrogen functional groups attached to an aromatic ring is 2. The number of hydrogen-bond acceptors (Lipinski definition) is 5. The predicted molar refractivity (Wildman–Crippen MR) is 55.4 cm³/mol. The van der Waals surface area contributed by atoms with Crippen molar-refractivity contribution in [3.63, 3.8) is 0 Å². The van der Waals surface area contributed by atoms with E-state index in [0.29, 0.717) is 5.69 Å². The topological polar surface area (TPSA) is 136 Å². The molecule has 0 aliphatic heterocycles. The Kier molecular flexibility index (Phi) is 3.13. The first kappa shape index (κ1) is 11.3. The van der Waals surface area contributed by atoms with Crippen molar-refractivity contribution in [2.75, 3.05) is 11.5 Å². The van der Waals surface area contributed by atoms with E-state index in [2.05, 4.69) is 0 Å². The molecule has 15 heavy (non-hydrogen) atoms. The van der Waals surface area contributed by atoms with Gasteiger partial charge in [-0.1, -0.05) is 6.07 Å². The van der Waals surface area contributed by atoms with Crippen LogP contribution in [-0.4, -0.2) is 22.2 Å². The minimum Gasteiger partial charge on any atom is -0.397 e. The van der Waals surface area contributed by atoms with Gasteiger partial charge in [0.25, 0.3) is 0 Å². The van der Waals surface area contributed by atoms with Gasteiger partial charge in [-0.15, -0.1) is 0 Å². The molecule has 1 aromatic carbocycles. The zero-order valence-corrected chi connectivity index (χ0v) is 7.92. The van der Waals surface area contributed by atoms with Crippen molar-refractivity contribution in [1.29, 1.82) is 0 Å². The third-order valence-corrected chi connectivity index (χ3v) is 2.04. The fourth-order valence-electron chi connectivity index (χ4n) is 1.12. The number of amides is 1. The van der Waals surface area contributed by atoms with Gasteiger partial charge in [0.05, 0.1) is 11.4 Å². The minimum absolute atomic E-state index is 0.267. The Labute approximate surface area is 86.3 Å². The van der Waals surface area contributed by atoms with Gasteiger partial charge in [-0.05, 0) is 17.7 Å². The first-order chi connectivity index (χ1) is 6.93. The van der Waals surface area contributed by atoms with Crippen molar-refractivity contribution in [2.45, 2.75) is 12.2 Å². The summed E-state index contributed by atoms with van der Waals surface area (Å²) >= 11 is 0. The summed E-state index contributed by atoms with van der Waals surface area (Å²) in [5.74, 6) is -1.00. The van der Waals surface area contributed by atoms with E-state index in [0.717, 1.165) is 0 Å². The van der Waals surface area contributed by atoms with Crippen LogP contribution < -0.4 is 17.2 Å². The molecule has 0 radical (unpaired) electrons. The average molecular weight is 211 g/mol. The molecule has 0 aliphatic carbocycles. The molecular weight excluding hydrogens is 198 g/mol. The monoisotopic (exact) mass is 211 g/mol. The van der Waals surface area contributed by atoms with Gasteiger partial charge in [0.15, 0.2) is 6.10 Å². The molecule has 82 valence electrons. The van der Waals surface area contributed by atoms with Gasteiger partial charge in [-0.2, -0.15) is 0 Å². The molecular formula is C9H13N3O3. The molecule has 0 saturated heterocycles. The Morgan fingerprint density at radius 2 is 1.80 bits per heavy atom. The number of aliphatic hydroxyl groups is 2. The Morgan fingerprint density at radius 1 is 1.20 bits per heavy atom. The van der Waals surface area contributed by atoms with Crippen LogP contribution in [0, 0.1) is 0 Å². The number of hydrogen-bond donors (Lipinski definition) is 5. The summed E-state index contributed by atoms with van der Waals surface area (Å²) in [5, 5.41) is 18.7. The summed E-state index contributed by atoms with van der Waals surface area (Å²) in [5.41, 5.74) is 16.7. The van der Waals surface area contributed by atoms with Gasteiger partial charge in [-0.3, -0.25) is 4.79 Å². The third-order valence-electron chi connectivity index (χ3n) is 2.04. The molecule has 0 bridgehead atoms. The summed E-state index contributed by atoms with van der Waals surface area (Å²) in [4.78, 5) is 10.6. The lowest BCUT2D eigenvalue weighted by molar-refractivity contribution is -0.131. The average Bonchev–Trinajstić information content (AvgIpc) is 2.19. The van der Waals surface area contributed by atoms with E-state index in [1.807, 2.05) is 0 Å². The Bertz CT molecular complexity index is 381. The molecule has 0 aliphatic rings. The first-order valence-corrected chi connectivity index (χ1v) is 4.24. The number of benzene rings is 1. The van der Waals surface area contributed by atoms with Crippen LogP contribution in [0.1, 0.15) is 11.7 Å². The first-order valence-electron chi connectivity index (χ1n) is 4.24. The third kappa shape index (κ3) is 2.36. The second kappa shape index (κ2) is 4.16. The zero-order chi connectivity index (χ0) is 11.6. The van der Waals surface area contributed by atoms with Gasteiger partial charge < -0.3 is 27.4 Å². The van der Waals surface area contributed by atoms with Crippen LogP contribution >= 0.6 is 0 Å². The number of nitrogens with two attached hydrogens (primary N) is 3. The van der Waals surface area contributed by atoms with Crippen molar-refractivity contribution in [2.24, 2.45) is 5.73 Å². The van der Waals surface area contributed by atoms with E-state index in [4.69, 9.17) is 17.2 Å². The summed E-state index contributed by atoms with van der Waals surface area (Å²) < 4.78 is 0. The lowest BCUT2D eigenvalue weighted by Gasteiger charge is -2.15. The molecule has 0 fully saturated rings. The molecule has 6 heteroatoms. The smallest absolute Gasteiger partial charge is 0.249 e. The van der Waals surface area contributed by atoms with Gasteiger partial charge in [-0.25, -0.2) is 0 Å². The highest BCUT2D eigenvalue weighted by Gasteiger charge is 2.23. The minimum atomic E-state index is -1.66. The Balaban J connectivity index is 2.96. The van der Waals surface area contributed by atoms with E-state index < -0.39 is 18.1 Å². The van der Waals surface area contributed by atoms with E-state index >= 15 is 0 Å². The van der Waals surface area contributed by atoms with Gasteiger partial charge in [0.1, 0.15) is 6.10 Å². The second-order valence-corrected chi connectivity index (χ2v) is 3.18. The van der Waals surface area contributed by atoms with E-state index in [1.165, 1.54) is 18.2 Å². The molecule has 8 N–H and O–H groups in total. The zero-order valence-electron chi connectivity index (χ0n) is 7.92. The SMILES string of the molecule is NC(=O)C(O)C(O)c1ccc(N)c(N)c1. The lowest BCUT2D eigenvalue weighted by atomic mass is 10.0. The van der Waals surface area contributed by atoms with Crippen molar-refractivity contribution in [3.05, 3.63) is 23.8 Å². The lowest BCUT2D eigenvalue weighted by Crippen LogP contribution is -2.33. The van der Waals surface area contributed by atoms with E-state index in [9.17, 15) is 15.0 Å². The van der Waals surface area contributed by atoms with Crippen LogP contribution in [0.2, 0.25) is 0 Å². The van der Waals surface area contributed by atoms with Gasteiger partial charge in [0, 0.05) is 0 Å². The highest BCUT2D eigenvalue weighted by atomic mass is 16.3. The molecule has 2 atom stereocenters. The van der Waals surface area contributed by atoms with Crippen molar-refractivity contribution >= 4 is 17.3 Å². The number of anilines is 2. The highest BCUT2D eigenvalue weighted by Crippen LogP contribution is 2.23. The molecule has 0 heterocycles. The molecule has 2 unspecified atom stereocenters. The normalized spacial score (nSPS) is 14.5. The predicted octanol–water partition coefficient (Wildman–Crippen LogP) is -1.27. The van der Waals surface area contributed by atoms with Crippen LogP contribution in [0.5, 0.6) is 0 Å². The number of rotatable bonds is 3. The van der Waals surface area contributed by atoms with Gasteiger partial charge in [0.2, 0.25) is 5.91 Å². The quantitative estimate of drug-likeness (QED) is 0.397. The standard InChI is InChI=1S/C9H13N3O3/c10-5-2-1-4(3-6(5)11)7(13)8(14)9(12)15/h1-3,7-8,13-14H,10-11H2,(H2,12,15). The maximum atomic E-state index is 10.6. The number of carbonyl (C=O) groups is 1. The molecule has 1 amide bonds. The number of primary amides is 1. The molecule has 0 spiro atoms. The van der Waals surface area contributed by atoms with Crippen LogP contribution in [-0.2, 0) is 4.79 Å². The van der Waals surface area contributed by atoms with Gasteiger partial charge >= 0.3 is 0 Å². The van der Waals surface area contributed by atoms with Crippen LogP contribution in [0.25, 0.3) is 0 Å². The number of carbonyl (C=O) groups excluding carboxylic acids is 1. The summed E-state index contributed by atoms with van der Waals surface area (Å²) in [7, 11) is 0. The van der Waals surface area contributed by atoms with Crippen molar-refractivity contribution in [1.82, 2.24) is 0 Å². The highest BCUT2D eigenvalue weighted by molar-refractivity contribution is 5.79. The summed E-state index contributed by atoms with van der Waals surface area (Å²) in [6.45, 7) is 0. The molecule has 1 rings (SSSR count). The van der Waals surface area contributed by atoms with E-state index in [-0.39, 0.29) is 11.3 Å². The fourth-order valence-corrected chi connectivity index (χ4v) is 1.12. The summed E-state index contributed by atoms with van der Waals surface area (Å²) in [6.07, 6.45) is -3.06. The Morgan fingerprint density at radius 3 is 2.27 bits per heavy atom. The molecule has 0 saturated carbocycles. The van der Waals surface area contributed by atoms with E-state index in [1.54, 1.807) is 0 Å². The molecule has 0 aromatic heterocycles. The fraction of sp³-hybridized carbons (Fsp3) is 0.222. The molecule has 1 aromatic rings. The Hall–Kier alpha value is -1.79. The number of aliphatic hydroxyl groups excluding tert-OH is 2. The maximum Gasteiger partial charge on any atom is 0.249 e. The van der Waals surface area contributed by atoms with Crippen LogP contribution in [0.4, 0.5) is 11.4 Å². The van der Waals surface area contributed by atoms with Crippen LogP contribution in [0.15, 0.2) is 18.2 Å². The second-order valence-electron chi connectivity index (χ2n) is 3.18. The van der Waals surface area contributed by atoms with Crippen LogP contribution in [0.3, 0.4) is 0 Å². The van der Waals surface area contributed by atoms with Crippen molar-refractivity contribution < 1.29 is 15.0 Å².